The van der Waals surface area contributed by atoms with Gasteiger partial charge in [0.05, 0.1) is 0 Å². The van der Waals surface area contributed by atoms with Crippen molar-refractivity contribution in [1.29, 1.82) is 0 Å². The lowest BCUT2D eigenvalue weighted by atomic mass is 9.78. The number of rotatable bonds is 10. The molecule has 1 saturated heterocycles. The van der Waals surface area contributed by atoms with Crippen molar-refractivity contribution in [2.45, 2.75) is 90.4 Å². The quantitative estimate of drug-likeness (QED) is 0.225. The Balaban J connectivity index is 1.28. The van der Waals surface area contributed by atoms with Gasteiger partial charge in [-0.15, -0.1) is 0 Å². The molecule has 1 atom stereocenters. The maximum absolute atomic E-state index is 13.6. The number of phenolic OH excluding ortho intramolecular Hbond substituents is 1. The molecule has 3 aromatic carbocycles. The van der Waals surface area contributed by atoms with Crippen LogP contribution in [0.1, 0.15) is 112 Å². The highest BCUT2D eigenvalue weighted by Gasteiger charge is 2.31. The van der Waals surface area contributed by atoms with E-state index in [1.807, 2.05) is 58.6 Å². The lowest BCUT2D eigenvalue weighted by Crippen LogP contribution is -2.33. The number of nitrogens with one attached hydrogen (secondary N) is 1. The minimum Gasteiger partial charge on any atom is -0.507 e. The number of carbonyl (C=O) groups excluding carboxylic acids is 2. The third-order valence-corrected chi connectivity index (χ3v) is 8.83. The zero-order valence-corrected chi connectivity index (χ0v) is 27.6. The third kappa shape index (κ3) is 8.93. The van der Waals surface area contributed by atoms with Crippen LogP contribution in [0.4, 0.5) is 8.78 Å². The average molecular weight is 619 g/mol. The molecule has 2 N–H and O–H groups in total. The Hall–Kier alpha value is -3.74. The number of hydrogen-bond donors (Lipinski definition) is 2. The smallest absolute Gasteiger partial charge is 0.253 e. The first-order valence-corrected chi connectivity index (χ1v) is 16.1. The van der Waals surface area contributed by atoms with Crippen molar-refractivity contribution in [3.63, 3.8) is 0 Å². The number of phenols is 1. The van der Waals surface area contributed by atoms with E-state index in [1.165, 1.54) is 24.3 Å². The number of halogens is 2. The zero-order chi connectivity index (χ0) is 32.9. The Bertz CT molecular complexity index is 1390. The fourth-order valence-corrected chi connectivity index (χ4v) is 6.16. The molecule has 1 fully saturated rings. The van der Waals surface area contributed by atoms with Gasteiger partial charge in [0.25, 0.3) is 5.91 Å². The van der Waals surface area contributed by atoms with Crippen molar-refractivity contribution in [2.24, 2.45) is 5.92 Å². The summed E-state index contributed by atoms with van der Waals surface area (Å²) < 4.78 is 27.0. The summed E-state index contributed by atoms with van der Waals surface area (Å²) in [5.74, 6) is -0.223. The van der Waals surface area contributed by atoms with Gasteiger partial charge in [0, 0.05) is 48.7 Å². The fraction of sp³-hybridized carbons (Fsp3) is 0.474. The molecule has 0 saturated carbocycles. The van der Waals surface area contributed by atoms with E-state index in [2.05, 4.69) is 5.32 Å². The van der Waals surface area contributed by atoms with Crippen molar-refractivity contribution >= 4 is 11.8 Å². The number of nitrogens with zero attached hydrogens (tertiary/aromatic N) is 1. The van der Waals surface area contributed by atoms with Crippen LogP contribution in [0.25, 0.3) is 0 Å². The molecule has 0 radical (unpaired) electrons. The topological polar surface area (TPSA) is 69.6 Å². The van der Waals surface area contributed by atoms with E-state index in [4.69, 9.17) is 0 Å². The maximum atomic E-state index is 13.6. The first kappa shape index (κ1) is 34.1. The normalized spacial score (nSPS) is 15.5. The second-order valence-corrected chi connectivity index (χ2v) is 14.5. The van der Waals surface area contributed by atoms with Crippen molar-refractivity contribution in [3.05, 3.63) is 100 Å². The van der Waals surface area contributed by atoms with Crippen molar-refractivity contribution < 1.29 is 23.5 Å². The molecule has 1 unspecified atom stereocenters. The monoisotopic (exact) mass is 618 g/mol. The van der Waals surface area contributed by atoms with Crippen LogP contribution < -0.4 is 5.32 Å². The predicted octanol–water partition coefficient (Wildman–Crippen LogP) is 8.24. The van der Waals surface area contributed by atoms with Crippen molar-refractivity contribution in [1.82, 2.24) is 10.2 Å². The zero-order valence-electron chi connectivity index (χ0n) is 27.6. The van der Waals surface area contributed by atoms with Gasteiger partial charge in [-0.2, -0.15) is 0 Å². The molecule has 1 heterocycles. The summed E-state index contributed by atoms with van der Waals surface area (Å²) in [5.41, 5.74) is 3.41. The number of hydrogen-bond acceptors (Lipinski definition) is 3. The molecule has 0 bridgehead atoms. The SMILES string of the molecule is CC(C)(C)c1cc(C(=O)N2CCC(CNC(=O)CCCCC(c3ccc(F)cc3)c3ccc(F)cc3)C2)cc(C(C)(C)C)c1O. The molecule has 0 aliphatic carbocycles. The second-order valence-electron chi connectivity index (χ2n) is 14.5. The summed E-state index contributed by atoms with van der Waals surface area (Å²) in [6.45, 7) is 13.9. The number of likely N-dealkylation sites (tertiary alicyclic amines) is 1. The van der Waals surface area contributed by atoms with Crippen LogP contribution in [-0.2, 0) is 15.6 Å². The Morgan fingerprint density at radius 2 is 1.38 bits per heavy atom. The highest BCUT2D eigenvalue weighted by atomic mass is 19.1. The third-order valence-electron chi connectivity index (χ3n) is 8.83. The number of carbonyl (C=O) groups is 2. The molecule has 0 aromatic heterocycles. The standard InChI is InChI=1S/C38H48F2N2O3/c1-37(2,3)32-21-28(22-33(35(32)44)38(4,5)6)36(45)42-20-19-25(24-42)23-41-34(43)10-8-7-9-31(26-11-15-29(39)16-12-26)27-13-17-30(40)18-14-27/h11-18,21-22,25,31,44H,7-10,19-20,23-24H2,1-6H3,(H,41,43). The van der Waals surface area contributed by atoms with E-state index >= 15 is 0 Å². The van der Waals surface area contributed by atoms with Crippen LogP contribution in [0.5, 0.6) is 5.75 Å². The van der Waals surface area contributed by atoms with Gasteiger partial charge in [-0.1, -0.05) is 72.2 Å². The number of benzene rings is 3. The maximum Gasteiger partial charge on any atom is 0.253 e. The summed E-state index contributed by atoms with van der Waals surface area (Å²) in [5, 5.41) is 14.1. The van der Waals surface area contributed by atoms with Gasteiger partial charge < -0.3 is 15.3 Å². The molecule has 5 nitrogen and oxygen atoms in total. The van der Waals surface area contributed by atoms with E-state index in [9.17, 15) is 23.5 Å². The van der Waals surface area contributed by atoms with Gasteiger partial charge in [-0.3, -0.25) is 9.59 Å². The number of amides is 2. The molecule has 1 aliphatic heterocycles. The van der Waals surface area contributed by atoms with Crippen molar-refractivity contribution in [2.75, 3.05) is 19.6 Å². The van der Waals surface area contributed by atoms with E-state index in [1.54, 1.807) is 24.3 Å². The minimum atomic E-state index is -0.318. The van der Waals surface area contributed by atoms with Crippen LogP contribution in [0, 0.1) is 17.6 Å². The molecule has 2 amide bonds. The molecule has 0 spiro atoms. The first-order chi connectivity index (χ1) is 21.1. The molecule has 45 heavy (non-hydrogen) atoms. The first-order valence-electron chi connectivity index (χ1n) is 16.1. The minimum absolute atomic E-state index is 0.0104. The molecule has 242 valence electrons. The van der Waals surface area contributed by atoms with Crippen molar-refractivity contribution in [3.8, 4) is 5.75 Å². The van der Waals surface area contributed by atoms with Gasteiger partial charge in [-0.05, 0) is 83.5 Å². The summed E-state index contributed by atoms with van der Waals surface area (Å²) in [7, 11) is 0. The van der Waals surface area contributed by atoms with Gasteiger partial charge >= 0.3 is 0 Å². The molecule has 1 aliphatic rings. The Kier molecular flexibility index (Phi) is 10.7. The van der Waals surface area contributed by atoms with Gasteiger partial charge in [0.1, 0.15) is 17.4 Å². The van der Waals surface area contributed by atoms with Crippen LogP contribution >= 0.6 is 0 Å². The lowest BCUT2D eigenvalue weighted by molar-refractivity contribution is -0.121. The largest absolute Gasteiger partial charge is 0.507 e. The van der Waals surface area contributed by atoms with Gasteiger partial charge in [0.2, 0.25) is 5.91 Å². The fourth-order valence-electron chi connectivity index (χ4n) is 6.16. The van der Waals surface area contributed by atoms with Gasteiger partial charge in [-0.25, -0.2) is 8.78 Å². The number of unbranched alkanes of at least 4 members (excludes halogenated alkanes) is 1. The van der Waals surface area contributed by atoms with E-state index < -0.39 is 0 Å². The second kappa shape index (κ2) is 14.1. The van der Waals surface area contributed by atoms with Crippen LogP contribution in [0.15, 0.2) is 60.7 Å². The molecular formula is C38H48F2N2O3. The van der Waals surface area contributed by atoms with E-state index in [-0.39, 0.29) is 51.9 Å². The highest BCUT2D eigenvalue weighted by molar-refractivity contribution is 5.95. The van der Waals surface area contributed by atoms with E-state index in [0.717, 1.165) is 41.5 Å². The summed E-state index contributed by atoms with van der Waals surface area (Å²) in [6, 6.07) is 16.5. The lowest BCUT2D eigenvalue weighted by Gasteiger charge is -2.28. The molecule has 4 rings (SSSR count). The van der Waals surface area contributed by atoms with Gasteiger partial charge in [0.15, 0.2) is 0 Å². The Labute approximate surface area is 267 Å². The molecule has 7 heteroatoms. The Morgan fingerprint density at radius 1 is 0.867 bits per heavy atom. The summed E-state index contributed by atoms with van der Waals surface area (Å²) in [4.78, 5) is 28.1. The Morgan fingerprint density at radius 3 is 1.87 bits per heavy atom. The van der Waals surface area contributed by atoms with Crippen LogP contribution in [0.3, 0.4) is 0 Å². The molecular weight excluding hydrogens is 570 g/mol. The summed E-state index contributed by atoms with van der Waals surface area (Å²) >= 11 is 0. The van der Waals surface area contributed by atoms with E-state index in [0.29, 0.717) is 38.0 Å². The number of aromatic hydroxyl groups is 1. The predicted molar refractivity (Wildman–Crippen MR) is 176 cm³/mol. The van der Waals surface area contributed by atoms with Crippen LogP contribution in [-0.4, -0.2) is 41.5 Å². The van der Waals surface area contributed by atoms with Crippen LogP contribution in [0.2, 0.25) is 0 Å². The molecule has 3 aromatic rings. The summed E-state index contributed by atoms with van der Waals surface area (Å²) in [6.07, 6.45) is 3.47. The average Bonchev–Trinajstić information content (AvgIpc) is 3.45. The highest BCUT2D eigenvalue weighted by Crippen LogP contribution is 2.40.